The van der Waals surface area contributed by atoms with E-state index < -0.39 is 0 Å². The molecule has 3 atom stereocenters. The second kappa shape index (κ2) is 4.76. The summed E-state index contributed by atoms with van der Waals surface area (Å²) in [6, 6.07) is 0.439. The van der Waals surface area contributed by atoms with E-state index in [-0.39, 0.29) is 5.92 Å². The molecule has 1 aliphatic heterocycles. The van der Waals surface area contributed by atoms with Gasteiger partial charge in [-0.05, 0) is 36.0 Å². The molecule has 1 amide bonds. The number of hydrogen-bond acceptors (Lipinski definition) is 2. The van der Waals surface area contributed by atoms with Crippen LogP contribution in [0.25, 0.3) is 0 Å². The van der Waals surface area contributed by atoms with Crippen molar-refractivity contribution in [1.82, 2.24) is 4.90 Å². The highest BCUT2D eigenvalue weighted by Gasteiger charge is 2.51. The van der Waals surface area contributed by atoms with Crippen LogP contribution in [0.2, 0.25) is 0 Å². The number of rotatable bonds is 3. The predicted octanol–water partition coefficient (Wildman–Crippen LogP) is 2.64. The molecule has 3 nitrogen and oxygen atoms in total. The van der Waals surface area contributed by atoms with E-state index in [1.165, 1.54) is 12.8 Å². The van der Waals surface area contributed by atoms with Gasteiger partial charge in [-0.25, -0.2) is 0 Å². The van der Waals surface area contributed by atoms with Crippen LogP contribution in [0.3, 0.4) is 0 Å². The van der Waals surface area contributed by atoms with E-state index in [1.807, 2.05) is 0 Å². The largest absolute Gasteiger partial charge is 0.339 e. The highest BCUT2D eigenvalue weighted by atomic mass is 16.2. The van der Waals surface area contributed by atoms with Crippen molar-refractivity contribution in [3.8, 4) is 0 Å². The highest BCUT2D eigenvalue weighted by Crippen LogP contribution is 2.52. The molecule has 2 bridgehead atoms. The molecule has 1 saturated heterocycles. The first-order chi connectivity index (χ1) is 8.67. The first-order valence-electron chi connectivity index (χ1n) is 7.68. The molecule has 0 aromatic rings. The van der Waals surface area contributed by atoms with Crippen molar-refractivity contribution in [2.45, 2.75) is 59.9 Å². The zero-order valence-electron chi connectivity index (χ0n) is 13.2. The van der Waals surface area contributed by atoms with Gasteiger partial charge in [-0.3, -0.25) is 4.79 Å². The molecule has 3 unspecified atom stereocenters. The molecule has 0 aromatic carbocycles. The van der Waals surface area contributed by atoms with Crippen molar-refractivity contribution in [3.05, 3.63) is 0 Å². The Morgan fingerprint density at radius 2 is 1.95 bits per heavy atom. The molecule has 2 aliphatic rings. The third kappa shape index (κ3) is 2.81. The van der Waals surface area contributed by atoms with Crippen molar-refractivity contribution in [1.29, 1.82) is 0 Å². The lowest BCUT2D eigenvalue weighted by atomic mass is 9.65. The average molecular weight is 266 g/mol. The smallest absolute Gasteiger partial charge is 0.227 e. The Morgan fingerprint density at radius 3 is 2.47 bits per heavy atom. The third-order valence-electron chi connectivity index (χ3n) is 5.07. The Morgan fingerprint density at radius 1 is 1.32 bits per heavy atom. The second-order valence-corrected chi connectivity index (χ2v) is 8.27. The fourth-order valence-electron chi connectivity index (χ4n) is 4.59. The van der Waals surface area contributed by atoms with Crippen LogP contribution in [0.5, 0.6) is 0 Å². The Balaban J connectivity index is 2.17. The quantitative estimate of drug-likeness (QED) is 0.853. The van der Waals surface area contributed by atoms with Crippen molar-refractivity contribution >= 4 is 5.91 Å². The van der Waals surface area contributed by atoms with Gasteiger partial charge in [0.05, 0.1) is 5.92 Å². The second-order valence-electron chi connectivity index (χ2n) is 8.27. The van der Waals surface area contributed by atoms with Crippen LogP contribution in [0.15, 0.2) is 0 Å². The molecule has 110 valence electrons. The van der Waals surface area contributed by atoms with Gasteiger partial charge < -0.3 is 10.6 Å². The maximum absolute atomic E-state index is 12.8. The summed E-state index contributed by atoms with van der Waals surface area (Å²) in [7, 11) is 0. The van der Waals surface area contributed by atoms with Crippen LogP contribution in [-0.4, -0.2) is 29.9 Å². The van der Waals surface area contributed by atoms with Crippen molar-refractivity contribution < 1.29 is 4.79 Å². The minimum atomic E-state index is -0.00828. The van der Waals surface area contributed by atoms with E-state index in [4.69, 9.17) is 5.73 Å². The van der Waals surface area contributed by atoms with Gasteiger partial charge in [0.1, 0.15) is 0 Å². The number of hydrogen-bond donors (Lipinski definition) is 1. The van der Waals surface area contributed by atoms with E-state index in [9.17, 15) is 4.79 Å². The van der Waals surface area contributed by atoms with E-state index >= 15 is 0 Å². The summed E-state index contributed by atoms with van der Waals surface area (Å²) in [5.41, 5.74) is 6.50. The maximum atomic E-state index is 12.8. The highest BCUT2D eigenvalue weighted by molar-refractivity contribution is 5.80. The SMILES string of the molecule is CC(C)C(CN)C(=O)N1CC2(C)CC1CC(C)(C)C2. The van der Waals surface area contributed by atoms with Crippen molar-refractivity contribution in [2.24, 2.45) is 28.4 Å². The Kier molecular flexibility index (Phi) is 3.72. The van der Waals surface area contributed by atoms with Crippen LogP contribution in [-0.2, 0) is 4.79 Å². The Bertz CT molecular complexity index is 364. The summed E-state index contributed by atoms with van der Waals surface area (Å²) in [4.78, 5) is 14.9. The zero-order chi connectivity index (χ0) is 14.4. The van der Waals surface area contributed by atoms with Gasteiger partial charge in [0.25, 0.3) is 0 Å². The molecular formula is C16H30N2O. The van der Waals surface area contributed by atoms with Gasteiger partial charge in [0.2, 0.25) is 5.91 Å². The lowest BCUT2D eigenvalue weighted by molar-refractivity contribution is -0.137. The molecule has 0 aromatic heterocycles. The molecule has 0 radical (unpaired) electrons. The van der Waals surface area contributed by atoms with Crippen molar-refractivity contribution in [2.75, 3.05) is 13.1 Å². The van der Waals surface area contributed by atoms with Gasteiger partial charge in [-0.2, -0.15) is 0 Å². The van der Waals surface area contributed by atoms with Crippen LogP contribution in [0.1, 0.15) is 53.9 Å². The van der Waals surface area contributed by atoms with Crippen LogP contribution in [0.4, 0.5) is 0 Å². The van der Waals surface area contributed by atoms with Gasteiger partial charge in [0, 0.05) is 19.1 Å². The summed E-state index contributed by atoms with van der Waals surface area (Å²) in [6.07, 6.45) is 3.55. The molecular weight excluding hydrogens is 236 g/mol. The first kappa shape index (κ1) is 14.8. The fourth-order valence-corrected chi connectivity index (χ4v) is 4.59. The summed E-state index contributed by atoms with van der Waals surface area (Å²) in [6.45, 7) is 12.6. The molecule has 19 heavy (non-hydrogen) atoms. The van der Waals surface area contributed by atoms with E-state index in [0.29, 0.717) is 35.2 Å². The Hall–Kier alpha value is -0.570. The van der Waals surface area contributed by atoms with E-state index in [0.717, 1.165) is 13.0 Å². The number of fused-ring (bicyclic) bond motifs is 2. The van der Waals surface area contributed by atoms with Crippen LogP contribution < -0.4 is 5.73 Å². The normalized spacial score (nSPS) is 34.7. The topological polar surface area (TPSA) is 46.3 Å². The van der Waals surface area contributed by atoms with Gasteiger partial charge in [0.15, 0.2) is 0 Å². The maximum Gasteiger partial charge on any atom is 0.227 e. The van der Waals surface area contributed by atoms with E-state index in [1.54, 1.807) is 0 Å². The molecule has 1 aliphatic carbocycles. The lowest BCUT2D eigenvalue weighted by Gasteiger charge is -2.39. The number of nitrogens with two attached hydrogens (primary N) is 1. The molecule has 2 fully saturated rings. The van der Waals surface area contributed by atoms with Crippen molar-refractivity contribution in [3.63, 3.8) is 0 Å². The lowest BCUT2D eigenvalue weighted by Crippen LogP contribution is -2.44. The first-order valence-corrected chi connectivity index (χ1v) is 7.68. The fraction of sp³-hybridized carbons (Fsp3) is 0.938. The number of amides is 1. The number of likely N-dealkylation sites (tertiary alicyclic amines) is 1. The number of nitrogens with zero attached hydrogens (tertiary/aromatic N) is 1. The van der Waals surface area contributed by atoms with Gasteiger partial charge in [-0.15, -0.1) is 0 Å². The summed E-state index contributed by atoms with van der Waals surface area (Å²) >= 11 is 0. The summed E-state index contributed by atoms with van der Waals surface area (Å²) in [5.74, 6) is 0.619. The molecule has 1 saturated carbocycles. The molecule has 3 heteroatoms. The third-order valence-corrected chi connectivity index (χ3v) is 5.07. The van der Waals surface area contributed by atoms with Gasteiger partial charge >= 0.3 is 0 Å². The minimum Gasteiger partial charge on any atom is -0.339 e. The summed E-state index contributed by atoms with van der Waals surface area (Å²) in [5, 5.41) is 0. The Labute approximate surface area is 117 Å². The monoisotopic (exact) mass is 266 g/mol. The zero-order valence-corrected chi connectivity index (χ0v) is 13.2. The number of carbonyl (C=O) groups is 1. The van der Waals surface area contributed by atoms with Crippen LogP contribution in [0, 0.1) is 22.7 Å². The molecule has 2 rings (SSSR count). The standard InChI is InChI=1S/C16H30N2O/c1-11(2)13(8-17)14(19)18-10-16(5)7-12(18)6-15(3,4)9-16/h11-13H,6-10,17H2,1-5H3. The van der Waals surface area contributed by atoms with Gasteiger partial charge in [-0.1, -0.05) is 34.6 Å². The summed E-state index contributed by atoms with van der Waals surface area (Å²) < 4.78 is 0. The number of carbonyl (C=O) groups excluding carboxylic acids is 1. The van der Waals surface area contributed by atoms with Crippen LogP contribution >= 0.6 is 0 Å². The average Bonchev–Trinajstić information content (AvgIpc) is 2.47. The molecule has 1 heterocycles. The molecule has 0 spiro atoms. The minimum absolute atomic E-state index is 0.00828. The van der Waals surface area contributed by atoms with E-state index in [2.05, 4.69) is 39.5 Å². The molecule has 2 N–H and O–H groups in total. The predicted molar refractivity (Wildman–Crippen MR) is 78.6 cm³/mol.